The smallest absolute Gasteiger partial charge is 0.414 e. The van der Waals surface area contributed by atoms with Crippen molar-refractivity contribution in [3.8, 4) is 0 Å². The summed E-state index contributed by atoms with van der Waals surface area (Å²) in [7, 11) is -0.878. The zero-order valence-electron chi connectivity index (χ0n) is 16.3. The van der Waals surface area contributed by atoms with E-state index in [9.17, 15) is 18.2 Å². The van der Waals surface area contributed by atoms with Gasteiger partial charge in [-0.2, -0.15) is 0 Å². The molecule has 0 saturated carbocycles. The van der Waals surface area contributed by atoms with E-state index in [0.717, 1.165) is 6.54 Å². The molecule has 0 bridgehead atoms. The molecule has 1 spiro atoms. The molecule has 3 saturated heterocycles. The third-order valence-electron chi connectivity index (χ3n) is 5.78. The lowest BCUT2D eigenvalue weighted by Gasteiger charge is -2.39. The van der Waals surface area contributed by atoms with Crippen LogP contribution in [-0.4, -0.2) is 65.7 Å². The van der Waals surface area contributed by atoms with Crippen molar-refractivity contribution in [2.24, 2.45) is 0 Å². The molecule has 4 rings (SSSR count). The summed E-state index contributed by atoms with van der Waals surface area (Å²) in [5.74, 6) is 0.0738. The van der Waals surface area contributed by atoms with Gasteiger partial charge in [0.2, 0.25) is 5.91 Å². The van der Waals surface area contributed by atoms with Gasteiger partial charge >= 0.3 is 6.09 Å². The molecule has 8 nitrogen and oxygen atoms in total. The number of rotatable bonds is 4. The molecule has 0 aliphatic carbocycles. The summed E-state index contributed by atoms with van der Waals surface area (Å²) >= 11 is 0. The average molecular weight is 424 g/mol. The van der Waals surface area contributed by atoms with Gasteiger partial charge in [0.1, 0.15) is 11.9 Å². The Morgan fingerprint density at radius 2 is 2.17 bits per heavy atom. The van der Waals surface area contributed by atoms with Crippen molar-refractivity contribution in [2.45, 2.75) is 30.7 Å². The van der Waals surface area contributed by atoms with Crippen LogP contribution in [0, 0.1) is 5.82 Å². The number of piperidine rings is 1. The molecular formula is C19H25FN4O4S. The first-order valence-corrected chi connectivity index (χ1v) is 11.1. The summed E-state index contributed by atoms with van der Waals surface area (Å²) in [6.45, 7) is 3.89. The average Bonchev–Trinajstić information content (AvgIpc) is 3.24. The Hall–Kier alpha value is -2.20. The number of nitrogens with zero attached hydrogens (tertiary/aromatic N) is 2. The van der Waals surface area contributed by atoms with Crippen LogP contribution in [0.25, 0.3) is 0 Å². The van der Waals surface area contributed by atoms with Gasteiger partial charge in [0.05, 0.1) is 29.3 Å². The second kappa shape index (κ2) is 7.91. The van der Waals surface area contributed by atoms with Crippen LogP contribution in [0.5, 0.6) is 0 Å². The monoisotopic (exact) mass is 424 g/mol. The van der Waals surface area contributed by atoms with Gasteiger partial charge < -0.3 is 15.0 Å². The molecule has 2 amide bonds. The Balaban J connectivity index is 1.42. The SMILES string of the molecule is CC(=O)NC[C@H]1CN(c2ccc(N3CCC4(CC3)NCCS4=O)c(F)c2)C(=O)O1. The van der Waals surface area contributed by atoms with E-state index in [-0.39, 0.29) is 23.9 Å². The van der Waals surface area contributed by atoms with Crippen LogP contribution >= 0.6 is 0 Å². The van der Waals surface area contributed by atoms with Crippen molar-refractivity contribution in [3.63, 3.8) is 0 Å². The van der Waals surface area contributed by atoms with Crippen LogP contribution in [0.3, 0.4) is 0 Å². The molecule has 1 aromatic carbocycles. The van der Waals surface area contributed by atoms with E-state index in [0.29, 0.717) is 43.1 Å². The fourth-order valence-electron chi connectivity index (χ4n) is 4.18. The molecular weight excluding hydrogens is 399 g/mol. The van der Waals surface area contributed by atoms with E-state index in [1.54, 1.807) is 12.1 Å². The van der Waals surface area contributed by atoms with Gasteiger partial charge in [0.15, 0.2) is 0 Å². The lowest BCUT2D eigenvalue weighted by Crippen LogP contribution is -2.52. The minimum atomic E-state index is -0.878. The lowest BCUT2D eigenvalue weighted by molar-refractivity contribution is -0.119. The van der Waals surface area contributed by atoms with E-state index >= 15 is 0 Å². The zero-order chi connectivity index (χ0) is 20.6. The van der Waals surface area contributed by atoms with Gasteiger partial charge in [-0.05, 0) is 31.0 Å². The van der Waals surface area contributed by atoms with Gasteiger partial charge in [0.25, 0.3) is 0 Å². The van der Waals surface area contributed by atoms with Crippen molar-refractivity contribution in [2.75, 3.05) is 48.3 Å². The molecule has 10 heteroatoms. The van der Waals surface area contributed by atoms with Crippen molar-refractivity contribution in [1.29, 1.82) is 0 Å². The van der Waals surface area contributed by atoms with Crippen molar-refractivity contribution in [3.05, 3.63) is 24.0 Å². The normalized spacial score (nSPS) is 26.1. The number of ether oxygens (including phenoxy) is 1. The summed E-state index contributed by atoms with van der Waals surface area (Å²) < 4.78 is 32.4. The minimum absolute atomic E-state index is 0.199. The molecule has 0 aromatic heterocycles. The molecule has 2 N–H and O–H groups in total. The predicted molar refractivity (Wildman–Crippen MR) is 108 cm³/mol. The maximum absolute atomic E-state index is 14.9. The van der Waals surface area contributed by atoms with Gasteiger partial charge in [-0.15, -0.1) is 0 Å². The molecule has 0 radical (unpaired) electrons. The maximum atomic E-state index is 14.9. The highest BCUT2D eigenvalue weighted by Crippen LogP contribution is 2.34. The van der Waals surface area contributed by atoms with Crippen molar-refractivity contribution < 1.29 is 22.9 Å². The summed E-state index contributed by atoms with van der Waals surface area (Å²) in [4.78, 5) is 26.2. The molecule has 29 heavy (non-hydrogen) atoms. The van der Waals surface area contributed by atoms with Gasteiger partial charge in [-0.1, -0.05) is 0 Å². The second-order valence-corrected chi connectivity index (χ2v) is 9.53. The second-order valence-electron chi connectivity index (χ2n) is 7.65. The van der Waals surface area contributed by atoms with Crippen LogP contribution < -0.4 is 20.4 Å². The number of nitrogens with one attached hydrogen (secondary N) is 2. The Morgan fingerprint density at radius 3 is 2.79 bits per heavy atom. The zero-order valence-corrected chi connectivity index (χ0v) is 17.1. The Bertz CT molecular complexity index is 843. The van der Waals surface area contributed by atoms with Crippen molar-refractivity contribution >= 4 is 34.2 Å². The highest BCUT2D eigenvalue weighted by Gasteiger charge is 2.43. The molecule has 3 aliphatic heterocycles. The number of cyclic esters (lactones) is 1. The summed E-state index contributed by atoms with van der Waals surface area (Å²) in [5.41, 5.74) is 0.906. The number of hydrogen-bond acceptors (Lipinski definition) is 6. The van der Waals surface area contributed by atoms with Gasteiger partial charge in [-0.3, -0.25) is 19.2 Å². The fourth-order valence-corrected chi connectivity index (χ4v) is 5.76. The van der Waals surface area contributed by atoms with Crippen molar-refractivity contribution in [1.82, 2.24) is 10.6 Å². The largest absolute Gasteiger partial charge is 0.442 e. The Labute approximate surface area is 171 Å². The molecule has 1 unspecified atom stereocenters. The van der Waals surface area contributed by atoms with Crippen LogP contribution in [0.15, 0.2) is 18.2 Å². The quantitative estimate of drug-likeness (QED) is 0.748. The third kappa shape index (κ3) is 3.95. The summed E-state index contributed by atoms with van der Waals surface area (Å²) in [6, 6.07) is 4.72. The molecule has 3 fully saturated rings. The number of carbonyl (C=O) groups is 2. The van der Waals surface area contributed by atoms with Crippen LogP contribution in [0.1, 0.15) is 19.8 Å². The molecule has 3 heterocycles. The lowest BCUT2D eigenvalue weighted by atomic mass is 10.0. The number of benzene rings is 1. The van der Waals surface area contributed by atoms with Gasteiger partial charge in [0, 0.05) is 43.1 Å². The number of halogens is 1. The first kappa shape index (κ1) is 20.1. The van der Waals surface area contributed by atoms with E-state index in [1.807, 2.05) is 4.90 Å². The number of hydrogen-bond donors (Lipinski definition) is 2. The topological polar surface area (TPSA) is 91.0 Å². The predicted octanol–water partition coefficient (Wildman–Crippen LogP) is 0.935. The van der Waals surface area contributed by atoms with E-state index in [1.165, 1.54) is 17.9 Å². The van der Waals surface area contributed by atoms with E-state index in [4.69, 9.17) is 4.74 Å². The highest BCUT2D eigenvalue weighted by atomic mass is 32.2. The van der Waals surface area contributed by atoms with Crippen LogP contribution in [-0.2, 0) is 20.3 Å². The van der Waals surface area contributed by atoms with Crippen LogP contribution in [0.2, 0.25) is 0 Å². The third-order valence-corrected chi connectivity index (χ3v) is 7.78. The Morgan fingerprint density at radius 1 is 1.41 bits per heavy atom. The first-order chi connectivity index (χ1) is 13.9. The minimum Gasteiger partial charge on any atom is -0.442 e. The molecule has 2 atom stereocenters. The highest BCUT2D eigenvalue weighted by molar-refractivity contribution is 7.86. The number of anilines is 2. The van der Waals surface area contributed by atoms with Crippen LogP contribution in [0.4, 0.5) is 20.6 Å². The number of amides is 2. The standard InChI is InChI=1S/C19H25FN4O4S/c1-13(25)21-11-15-12-24(18(26)28-15)14-2-3-17(16(20)10-14)23-7-4-19(5-8-23)22-6-9-29(19)27/h2-3,10,15,22H,4-9,11-12H2,1H3,(H,21,25)/t15-,29?/m0/s1. The maximum Gasteiger partial charge on any atom is 0.414 e. The summed E-state index contributed by atoms with van der Waals surface area (Å²) in [6.07, 6.45) is 0.406. The molecule has 3 aliphatic rings. The van der Waals surface area contributed by atoms with E-state index in [2.05, 4.69) is 10.6 Å². The number of carbonyl (C=O) groups excluding carboxylic acids is 2. The molecule has 1 aromatic rings. The molecule has 158 valence electrons. The summed E-state index contributed by atoms with van der Waals surface area (Å²) in [5, 5.41) is 5.99. The fraction of sp³-hybridized carbons (Fsp3) is 0.579. The van der Waals surface area contributed by atoms with Gasteiger partial charge in [-0.25, -0.2) is 9.18 Å². The Kier molecular flexibility index (Phi) is 5.48. The first-order valence-electron chi connectivity index (χ1n) is 9.78. The van der Waals surface area contributed by atoms with E-state index < -0.39 is 28.8 Å².